The highest BCUT2D eigenvalue weighted by molar-refractivity contribution is 5.99. The van der Waals surface area contributed by atoms with Gasteiger partial charge in [0.2, 0.25) is 11.9 Å². The number of amides is 2. The van der Waals surface area contributed by atoms with Crippen LogP contribution in [0, 0.1) is 5.41 Å². The fourth-order valence-corrected chi connectivity index (χ4v) is 4.88. The molecule has 0 spiro atoms. The molecule has 3 rings (SSSR count). The van der Waals surface area contributed by atoms with Gasteiger partial charge < -0.3 is 29.5 Å². The fraction of sp³-hybridized carbons (Fsp3) is 0.606. The van der Waals surface area contributed by atoms with E-state index >= 15 is 0 Å². The van der Waals surface area contributed by atoms with Crippen molar-refractivity contribution in [3.8, 4) is 5.75 Å². The van der Waals surface area contributed by atoms with Gasteiger partial charge in [0, 0.05) is 44.6 Å². The van der Waals surface area contributed by atoms with E-state index in [0.29, 0.717) is 55.9 Å². The number of esters is 1. The van der Waals surface area contributed by atoms with E-state index in [9.17, 15) is 14.4 Å². The lowest BCUT2D eigenvalue weighted by Gasteiger charge is -2.31. The first kappa shape index (κ1) is 34.6. The molecule has 1 aliphatic rings. The SMILES string of the molecule is CCN(CC)c1ncc(N(CC)C(=O)C(C)(C)C)c(N[C@@H](Cc2ccc(OC(=O)N3CCCC3)cc2)C(=O)OC(C)(C)C)n1. The Morgan fingerprint density at radius 1 is 0.955 bits per heavy atom. The molecule has 2 aromatic rings. The molecule has 2 heterocycles. The van der Waals surface area contributed by atoms with Crippen LogP contribution in [-0.4, -0.2) is 77.2 Å². The molecule has 0 saturated carbocycles. The van der Waals surface area contributed by atoms with Gasteiger partial charge in [0.1, 0.15) is 23.1 Å². The van der Waals surface area contributed by atoms with Crippen LogP contribution in [0.1, 0.15) is 80.7 Å². The summed E-state index contributed by atoms with van der Waals surface area (Å²) in [4.78, 5) is 54.3. The van der Waals surface area contributed by atoms with Crippen LogP contribution in [0.4, 0.5) is 22.2 Å². The molecule has 0 bridgehead atoms. The van der Waals surface area contributed by atoms with Gasteiger partial charge in [0.05, 0.1) is 6.20 Å². The molecular formula is C33H50N6O5. The van der Waals surface area contributed by atoms with Gasteiger partial charge in [-0.25, -0.2) is 14.6 Å². The number of nitrogens with one attached hydrogen (secondary N) is 1. The van der Waals surface area contributed by atoms with Gasteiger partial charge in [0.15, 0.2) is 5.82 Å². The van der Waals surface area contributed by atoms with Gasteiger partial charge in [0.25, 0.3) is 0 Å². The molecule has 44 heavy (non-hydrogen) atoms. The van der Waals surface area contributed by atoms with Crippen LogP contribution in [0.3, 0.4) is 0 Å². The van der Waals surface area contributed by atoms with Gasteiger partial charge in [-0.1, -0.05) is 32.9 Å². The van der Waals surface area contributed by atoms with E-state index in [1.54, 1.807) is 28.1 Å². The van der Waals surface area contributed by atoms with E-state index in [1.807, 2.05) is 79.3 Å². The van der Waals surface area contributed by atoms with Crippen LogP contribution in [0.5, 0.6) is 5.75 Å². The summed E-state index contributed by atoms with van der Waals surface area (Å²) < 4.78 is 11.4. The van der Waals surface area contributed by atoms with Gasteiger partial charge in [-0.15, -0.1) is 0 Å². The molecule has 2 amide bonds. The lowest BCUT2D eigenvalue weighted by Crippen LogP contribution is -2.42. The zero-order chi connectivity index (χ0) is 32.7. The van der Waals surface area contributed by atoms with Crippen LogP contribution < -0.4 is 19.9 Å². The lowest BCUT2D eigenvalue weighted by atomic mass is 9.94. The summed E-state index contributed by atoms with van der Waals surface area (Å²) >= 11 is 0. The van der Waals surface area contributed by atoms with Crippen molar-refractivity contribution in [2.24, 2.45) is 5.41 Å². The molecule has 11 heteroatoms. The minimum Gasteiger partial charge on any atom is -0.458 e. The van der Waals surface area contributed by atoms with Crippen LogP contribution in [0.25, 0.3) is 0 Å². The average Bonchev–Trinajstić information content (AvgIpc) is 3.50. The van der Waals surface area contributed by atoms with Crippen molar-refractivity contribution in [1.29, 1.82) is 0 Å². The Kier molecular flexibility index (Phi) is 11.6. The third-order valence-electron chi connectivity index (χ3n) is 7.23. The Bertz CT molecular complexity index is 1280. The number of carbonyl (C=O) groups is 3. The Morgan fingerprint density at radius 2 is 1.57 bits per heavy atom. The number of likely N-dealkylation sites (tertiary alicyclic amines) is 1. The quantitative estimate of drug-likeness (QED) is 0.321. The van der Waals surface area contributed by atoms with Crippen molar-refractivity contribution >= 4 is 35.4 Å². The summed E-state index contributed by atoms with van der Waals surface area (Å²) in [5.74, 6) is 0.756. The number of anilines is 3. The van der Waals surface area contributed by atoms with Crippen molar-refractivity contribution in [2.75, 3.05) is 47.8 Å². The van der Waals surface area contributed by atoms with Crippen molar-refractivity contribution in [2.45, 2.75) is 93.2 Å². The summed E-state index contributed by atoms with van der Waals surface area (Å²) in [6.45, 7) is 20.2. The Balaban J connectivity index is 1.97. The van der Waals surface area contributed by atoms with Gasteiger partial charge in [-0.05, 0) is 72.1 Å². The summed E-state index contributed by atoms with van der Waals surface area (Å²) in [6.07, 6.45) is 3.52. The zero-order valence-corrected chi connectivity index (χ0v) is 27.9. The Labute approximate surface area is 262 Å². The second-order valence-corrected chi connectivity index (χ2v) is 13.0. The maximum absolute atomic E-state index is 13.6. The molecule has 1 saturated heterocycles. The van der Waals surface area contributed by atoms with Crippen molar-refractivity contribution < 1.29 is 23.9 Å². The predicted octanol–water partition coefficient (Wildman–Crippen LogP) is 5.68. The topological polar surface area (TPSA) is 117 Å². The highest BCUT2D eigenvalue weighted by Crippen LogP contribution is 2.31. The molecule has 242 valence electrons. The minimum atomic E-state index is -0.839. The van der Waals surface area contributed by atoms with E-state index in [1.165, 1.54) is 0 Å². The highest BCUT2D eigenvalue weighted by Gasteiger charge is 2.32. The minimum absolute atomic E-state index is 0.0878. The molecule has 0 aliphatic carbocycles. The van der Waals surface area contributed by atoms with Crippen LogP contribution in [-0.2, 0) is 20.7 Å². The summed E-state index contributed by atoms with van der Waals surface area (Å²) in [5.41, 5.74) is -0.0495. The molecule has 1 aromatic carbocycles. The van der Waals surface area contributed by atoms with E-state index in [4.69, 9.17) is 14.5 Å². The number of nitrogens with zero attached hydrogens (tertiary/aromatic N) is 5. The van der Waals surface area contributed by atoms with Crippen LogP contribution in [0.15, 0.2) is 30.5 Å². The lowest BCUT2D eigenvalue weighted by molar-refractivity contribution is -0.155. The maximum Gasteiger partial charge on any atom is 0.415 e. The first-order chi connectivity index (χ1) is 20.7. The molecule has 1 N–H and O–H groups in total. The number of carbonyl (C=O) groups excluding carboxylic acids is 3. The number of rotatable bonds is 11. The van der Waals surface area contributed by atoms with Gasteiger partial charge in [-0.3, -0.25) is 4.79 Å². The average molecular weight is 611 g/mol. The van der Waals surface area contributed by atoms with Crippen molar-refractivity contribution in [3.05, 3.63) is 36.0 Å². The smallest absolute Gasteiger partial charge is 0.415 e. The number of hydrogen-bond acceptors (Lipinski definition) is 9. The molecular weight excluding hydrogens is 560 g/mol. The number of aromatic nitrogens is 2. The summed E-state index contributed by atoms with van der Waals surface area (Å²) in [5, 5.41) is 3.33. The van der Waals surface area contributed by atoms with E-state index < -0.39 is 23.0 Å². The Morgan fingerprint density at radius 3 is 2.09 bits per heavy atom. The number of ether oxygens (including phenoxy) is 2. The van der Waals surface area contributed by atoms with Crippen LogP contribution in [0.2, 0.25) is 0 Å². The first-order valence-electron chi connectivity index (χ1n) is 15.7. The van der Waals surface area contributed by atoms with E-state index in [0.717, 1.165) is 18.4 Å². The monoisotopic (exact) mass is 610 g/mol. The van der Waals surface area contributed by atoms with Gasteiger partial charge in [-0.2, -0.15) is 4.98 Å². The number of benzene rings is 1. The second kappa shape index (κ2) is 14.7. The molecule has 0 unspecified atom stereocenters. The molecule has 1 aromatic heterocycles. The van der Waals surface area contributed by atoms with Crippen LogP contribution >= 0.6 is 0 Å². The summed E-state index contributed by atoms with van der Waals surface area (Å²) in [6, 6.07) is 6.27. The van der Waals surface area contributed by atoms with E-state index in [2.05, 4.69) is 10.3 Å². The Hall–Kier alpha value is -3.89. The predicted molar refractivity (Wildman–Crippen MR) is 173 cm³/mol. The zero-order valence-electron chi connectivity index (χ0n) is 27.9. The molecule has 1 fully saturated rings. The van der Waals surface area contributed by atoms with Crippen molar-refractivity contribution in [3.63, 3.8) is 0 Å². The van der Waals surface area contributed by atoms with E-state index in [-0.39, 0.29) is 18.4 Å². The molecule has 11 nitrogen and oxygen atoms in total. The fourth-order valence-electron chi connectivity index (χ4n) is 4.88. The number of hydrogen-bond donors (Lipinski definition) is 1. The maximum atomic E-state index is 13.6. The molecule has 1 aliphatic heterocycles. The van der Waals surface area contributed by atoms with Gasteiger partial charge >= 0.3 is 12.1 Å². The first-order valence-corrected chi connectivity index (χ1v) is 15.7. The third kappa shape index (κ3) is 9.30. The second-order valence-electron chi connectivity index (χ2n) is 13.0. The highest BCUT2D eigenvalue weighted by atomic mass is 16.6. The van der Waals surface area contributed by atoms with Crippen molar-refractivity contribution in [1.82, 2.24) is 14.9 Å². The normalized spacial score (nSPS) is 14.2. The third-order valence-corrected chi connectivity index (χ3v) is 7.23. The molecule has 1 atom stereocenters. The standard InChI is InChI=1S/C33H50N6O5/c1-10-37(11-2)30-34-22-26(39(12-3)29(41)32(4,5)6)27(36-30)35-25(28(40)44-33(7,8)9)21-23-15-17-24(18-16-23)43-31(42)38-19-13-14-20-38/h15-18,22,25H,10-14,19-21H2,1-9H3,(H,34,35,36)/t25-/m0/s1. The summed E-state index contributed by atoms with van der Waals surface area (Å²) in [7, 11) is 0. The largest absolute Gasteiger partial charge is 0.458 e. The molecule has 0 radical (unpaired) electrons.